The van der Waals surface area contributed by atoms with Crippen molar-refractivity contribution in [2.45, 2.75) is 13.5 Å². The van der Waals surface area contributed by atoms with E-state index >= 15 is 0 Å². The van der Waals surface area contributed by atoms with Crippen LogP contribution in [0.25, 0.3) is 5.65 Å². The molecule has 2 aromatic heterocycles. The molecule has 0 amide bonds. The van der Waals surface area contributed by atoms with Crippen LogP contribution in [0.3, 0.4) is 0 Å². The highest BCUT2D eigenvalue weighted by atomic mass is 16.3. The number of nitrogens with zero attached hydrogens (tertiary/aromatic N) is 3. The number of aliphatic hydroxyl groups is 1. The molecular weight excluding hydrogens is 190 g/mol. The fourth-order valence-corrected chi connectivity index (χ4v) is 1.64. The van der Waals surface area contributed by atoms with Crippen molar-refractivity contribution in [1.29, 1.82) is 0 Å². The van der Waals surface area contributed by atoms with E-state index in [4.69, 9.17) is 0 Å². The van der Waals surface area contributed by atoms with Gasteiger partial charge in [-0.1, -0.05) is 6.07 Å². The average Bonchev–Trinajstić information content (AvgIpc) is 2.66. The van der Waals surface area contributed by atoms with Crippen LogP contribution in [0.15, 0.2) is 24.4 Å². The summed E-state index contributed by atoms with van der Waals surface area (Å²) in [6, 6.07) is 5.81. The molecule has 0 aromatic carbocycles. The van der Waals surface area contributed by atoms with Crippen LogP contribution in [-0.2, 0) is 6.61 Å². The van der Waals surface area contributed by atoms with Crippen molar-refractivity contribution in [2.75, 3.05) is 18.5 Å². The van der Waals surface area contributed by atoms with Crippen LogP contribution in [-0.4, -0.2) is 28.1 Å². The van der Waals surface area contributed by atoms with Gasteiger partial charge in [0.1, 0.15) is 5.65 Å². The first-order valence-corrected chi connectivity index (χ1v) is 5.06. The van der Waals surface area contributed by atoms with Gasteiger partial charge in [-0.2, -0.15) is 0 Å². The van der Waals surface area contributed by atoms with Crippen LogP contribution >= 0.6 is 0 Å². The number of aliphatic hydroxyl groups excluding tert-OH is 1. The van der Waals surface area contributed by atoms with E-state index in [0.717, 1.165) is 23.7 Å². The lowest BCUT2D eigenvalue weighted by molar-refractivity contribution is 0.276. The average molecular weight is 205 g/mol. The predicted molar refractivity (Wildman–Crippen MR) is 60.1 cm³/mol. The highest BCUT2D eigenvalue weighted by Crippen LogP contribution is 2.20. The molecule has 0 aliphatic carbocycles. The maximum absolute atomic E-state index is 9.36. The van der Waals surface area contributed by atoms with Gasteiger partial charge in [-0.15, -0.1) is 0 Å². The molecule has 0 aliphatic heterocycles. The lowest BCUT2D eigenvalue weighted by Crippen LogP contribution is -2.18. The third kappa shape index (κ3) is 1.57. The summed E-state index contributed by atoms with van der Waals surface area (Å²) in [5, 5.41) is 9.36. The van der Waals surface area contributed by atoms with Gasteiger partial charge in [0.25, 0.3) is 0 Å². The molecule has 4 nitrogen and oxygen atoms in total. The molecule has 0 unspecified atom stereocenters. The van der Waals surface area contributed by atoms with Gasteiger partial charge in [-0.25, -0.2) is 4.98 Å². The second-order valence-electron chi connectivity index (χ2n) is 3.48. The number of hydrogen-bond donors (Lipinski definition) is 1. The van der Waals surface area contributed by atoms with E-state index in [1.165, 1.54) is 0 Å². The SMILES string of the molecule is CCN(C)c1nc2ccccn2c1CO. The van der Waals surface area contributed by atoms with Crippen molar-refractivity contribution in [3.8, 4) is 0 Å². The summed E-state index contributed by atoms with van der Waals surface area (Å²) in [7, 11) is 1.97. The summed E-state index contributed by atoms with van der Waals surface area (Å²) >= 11 is 0. The first-order valence-electron chi connectivity index (χ1n) is 5.06. The Labute approximate surface area is 88.8 Å². The Morgan fingerprint density at radius 1 is 1.47 bits per heavy atom. The topological polar surface area (TPSA) is 40.8 Å². The van der Waals surface area contributed by atoms with E-state index in [9.17, 15) is 5.11 Å². The number of rotatable bonds is 3. The van der Waals surface area contributed by atoms with Gasteiger partial charge in [0.2, 0.25) is 0 Å². The molecule has 2 heterocycles. The minimum atomic E-state index is 0.00481. The predicted octanol–water partition coefficient (Wildman–Crippen LogP) is 1.28. The fourth-order valence-electron chi connectivity index (χ4n) is 1.64. The maximum atomic E-state index is 9.36. The van der Waals surface area contributed by atoms with Crippen LogP contribution in [0, 0.1) is 0 Å². The normalized spacial score (nSPS) is 10.9. The number of pyridine rings is 1. The van der Waals surface area contributed by atoms with Crippen molar-refractivity contribution in [3.63, 3.8) is 0 Å². The second-order valence-corrected chi connectivity index (χ2v) is 3.48. The van der Waals surface area contributed by atoms with Crippen molar-refractivity contribution in [2.24, 2.45) is 0 Å². The van der Waals surface area contributed by atoms with Gasteiger partial charge in [0.05, 0.1) is 12.3 Å². The summed E-state index contributed by atoms with van der Waals surface area (Å²) in [6.45, 7) is 2.94. The summed E-state index contributed by atoms with van der Waals surface area (Å²) in [6.07, 6.45) is 1.92. The molecule has 0 saturated carbocycles. The zero-order chi connectivity index (χ0) is 10.8. The maximum Gasteiger partial charge on any atom is 0.153 e. The standard InChI is InChI=1S/C11H15N3O/c1-3-13(2)11-9(8-15)14-7-5-4-6-10(14)12-11/h4-7,15H,3,8H2,1-2H3. The number of hydrogen-bond acceptors (Lipinski definition) is 3. The monoisotopic (exact) mass is 205 g/mol. The Hall–Kier alpha value is -1.55. The Kier molecular flexibility index (Phi) is 2.60. The van der Waals surface area contributed by atoms with Gasteiger partial charge in [-0.3, -0.25) is 4.40 Å². The van der Waals surface area contributed by atoms with Crippen LogP contribution in [0.1, 0.15) is 12.6 Å². The van der Waals surface area contributed by atoms with Crippen molar-refractivity contribution in [3.05, 3.63) is 30.1 Å². The van der Waals surface area contributed by atoms with Crippen molar-refractivity contribution in [1.82, 2.24) is 9.38 Å². The molecule has 80 valence electrons. The third-order valence-electron chi connectivity index (χ3n) is 2.59. The van der Waals surface area contributed by atoms with Gasteiger partial charge >= 0.3 is 0 Å². The number of anilines is 1. The molecule has 4 heteroatoms. The van der Waals surface area contributed by atoms with Crippen LogP contribution < -0.4 is 4.90 Å². The Morgan fingerprint density at radius 2 is 2.27 bits per heavy atom. The van der Waals surface area contributed by atoms with Crippen LogP contribution in [0.2, 0.25) is 0 Å². The number of fused-ring (bicyclic) bond motifs is 1. The van der Waals surface area contributed by atoms with Gasteiger partial charge < -0.3 is 10.0 Å². The molecule has 0 saturated heterocycles. The summed E-state index contributed by atoms with van der Waals surface area (Å²) in [5.74, 6) is 0.853. The molecule has 0 aliphatic rings. The van der Waals surface area contributed by atoms with Crippen LogP contribution in [0.4, 0.5) is 5.82 Å². The number of aromatic nitrogens is 2. The molecule has 0 fully saturated rings. The van der Waals surface area contributed by atoms with Gasteiger partial charge in [0.15, 0.2) is 5.82 Å². The largest absolute Gasteiger partial charge is 0.390 e. The molecule has 15 heavy (non-hydrogen) atoms. The van der Waals surface area contributed by atoms with E-state index in [-0.39, 0.29) is 6.61 Å². The third-order valence-corrected chi connectivity index (χ3v) is 2.59. The zero-order valence-corrected chi connectivity index (χ0v) is 9.01. The minimum Gasteiger partial charge on any atom is -0.390 e. The quantitative estimate of drug-likeness (QED) is 0.820. The van der Waals surface area contributed by atoms with Gasteiger partial charge in [0, 0.05) is 19.8 Å². The van der Waals surface area contributed by atoms with E-state index in [0.29, 0.717) is 0 Å². The molecule has 1 N–H and O–H groups in total. The zero-order valence-electron chi connectivity index (χ0n) is 9.01. The fraction of sp³-hybridized carbons (Fsp3) is 0.364. The van der Waals surface area contributed by atoms with Crippen LogP contribution in [0.5, 0.6) is 0 Å². The smallest absolute Gasteiger partial charge is 0.153 e. The summed E-state index contributed by atoms with van der Waals surface area (Å²) < 4.78 is 1.92. The van der Waals surface area contributed by atoms with E-state index < -0.39 is 0 Å². The van der Waals surface area contributed by atoms with Gasteiger partial charge in [-0.05, 0) is 19.1 Å². The first kappa shape index (κ1) is 9.98. The second kappa shape index (κ2) is 3.90. The number of imidazole rings is 1. The molecular formula is C11H15N3O. The van der Waals surface area contributed by atoms with E-state index in [1.54, 1.807) is 0 Å². The molecule has 0 bridgehead atoms. The molecule has 0 spiro atoms. The Morgan fingerprint density at radius 3 is 2.93 bits per heavy atom. The molecule has 0 atom stereocenters. The molecule has 0 radical (unpaired) electrons. The summed E-state index contributed by atoms with van der Waals surface area (Å²) in [5.41, 5.74) is 1.71. The molecule has 2 aromatic rings. The highest BCUT2D eigenvalue weighted by molar-refractivity contribution is 5.55. The van der Waals surface area contributed by atoms with E-state index in [1.807, 2.05) is 40.7 Å². The highest BCUT2D eigenvalue weighted by Gasteiger charge is 2.13. The summed E-state index contributed by atoms with van der Waals surface area (Å²) in [4.78, 5) is 6.51. The Bertz CT molecular complexity index is 464. The van der Waals surface area contributed by atoms with Crippen molar-refractivity contribution >= 4 is 11.5 Å². The van der Waals surface area contributed by atoms with Crippen molar-refractivity contribution < 1.29 is 5.11 Å². The minimum absolute atomic E-state index is 0.00481. The first-order chi connectivity index (χ1) is 7.27. The Balaban J connectivity index is 2.63. The molecule has 2 rings (SSSR count). The lowest BCUT2D eigenvalue weighted by Gasteiger charge is -2.14. The van der Waals surface area contributed by atoms with E-state index in [2.05, 4.69) is 11.9 Å². The lowest BCUT2D eigenvalue weighted by atomic mass is 10.4.